The summed E-state index contributed by atoms with van der Waals surface area (Å²) in [6.45, 7) is 0. The first-order valence-electron chi connectivity index (χ1n) is 9.14. The monoisotopic (exact) mass is 438 g/mol. The third-order valence-electron chi connectivity index (χ3n) is 4.74. The van der Waals surface area contributed by atoms with Gasteiger partial charge in [-0.1, -0.05) is 6.07 Å². The van der Waals surface area contributed by atoms with E-state index in [1.165, 1.54) is 11.3 Å². The lowest BCUT2D eigenvalue weighted by atomic mass is 10.0. The lowest BCUT2D eigenvalue weighted by Crippen LogP contribution is -1.99. The number of benzene rings is 1. The molecule has 4 rings (SSSR count). The highest BCUT2D eigenvalue weighted by Crippen LogP contribution is 2.40. The number of allylic oxidation sites excluding steroid dienone is 2. The molecule has 5 nitrogen and oxygen atoms in total. The van der Waals surface area contributed by atoms with E-state index in [2.05, 4.69) is 10.6 Å². The molecule has 7 heteroatoms. The average molecular weight is 439 g/mol. The van der Waals surface area contributed by atoms with E-state index in [4.69, 9.17) is 4.74 Å². The standard InChI is InChI=1S/C24H14N4OS2/c1-29-18-6-4-17(5-7-18)28-21(23-3-2-11-30-23)8-9-22(28)24-19(10-12-31-24)20(15-27)16(13-25)14-26/h2-12H,1H3. The van der Waals surface area contributed by atoms with Crippen molar-refractivity contribution in [1.82, 2.24) is 4.57 Å². The molecule has 4 aromatic rings. The lowest BCUT2D eigenvalue weighted by Gasteiger charge is -2.14. The molecule has 0 saturated heterocycles. The zero-order chi connectivity index (χ0) is 21.8. The minimum absolute atomic E-state index is 0.0846. The highest BCUT2D eigenvalue weighted by Gasteiger charge is 2.21. The molecule has 0 spiro atoms. The van der Waals surface area contributed by atoms with Crippen molar-refractivity contribution in [3.05, 3.63) is 76.5 Å². The van der Waals surface area contributed by atoms with Gasteiger partial charge in [-0.2, -0.15) is 15.8 Å². The fourth-order valence-corrected chi connectivity index (χ4v) is 4.99. The summed E-state index contributed by atoms with van der Waals surface area (Å²) in [5.41, 5.74) is 3.30. The molecule has 0 aliphatic carbocycles. The van der Waals surface area contributed by atoms with Gasteiger partial charge >= 0.3 is 0 Å². The van der Waals surface area contributed by atoms with Crippen LogP contribution in [0.4, 0.5) is 0 Å². The van der Waals surface area contributed by atoms with Crippen LogP contribution >= 0.6 is 22.7 Å². The Hall–Kier alpha value is -4.09. The van der Waals surface area contributed by atoms with Gasteiger partial charge in [0.25, 0.3) is 0 Å². The number of hydrogen-bond acceptors (Lipinski definition) is 6. The smallest absolute Gasteiger partial charge is 0.148 e. The van der Waals surface area contributed by atoms with Crippen molar-refractivity contribution in [3.63, 3.8) is 0 Å². The number of hydrogen-bond donors (Lipinski definition) is 0. The predicted octanol–water partition coefficient (Wildman–Crippen LogP) is 6.27. The first-order chi connectivity index (χ1) is 15.2. The van der Waals surface area contributed by atoms with Crippen molar-refractivity contribution < 1.29 is 4.74 Å². The van der Waals surface area contributed by atoms with Crippen LogP contribution in [0.25, 0.3) is 32.4 Å². The maximum atomic E-state index is 9.68. The fraction of sp³-hybridized carbons (Fsp3) is 0.0417. The van der Waals surface area contributed by atoms with Gasteiger partial charge in [-0.25, -0.2) is 0 Å². The van der Waals surface area contributed by atoms with Crippen LogP contribution in [0.1, 0.15) is 5.56 Å². The SMILES string of the molecule is COc1ccc(-n2c(-c3cccs3)ccc2-c2sccc2C(C#N)=C(C#N)C#N)cc1. The molecule has 31 heavy (non-hydrogen) atoms. The summed E-state index contributed by atoms with van der Waals surface area (Å²) in [6, 6.07) is 23.4. The van der Waals surface area contributed by atoms with Crippen molar-refractivity contribution >= 4 is 28.2 Å². The summed E-state index contributed by atoms with van der Waals surface area (Å²) in [5, 5.41) is 32.2. The number of methoxy groups -OCH3 is 1. The van der Waals surface area contributed by atoms with Crippen LogP contribution in [-0.4, -0.2) is 11.7 Å². The van der Waals surface area contributed by atoms with Gasteiger partial charge in [-0.3, -0.25) is 0 Å². The Kier molecular flexibility index (Phi) is 5.69. The molecule has 0 N–H and O–H groups in total. The molecule has 0 aliphatic heterocycles. The van der Waals surface area contributed by atoms with E-state index in [1.807, 2.05) is 71.4 Å². The van der Waals surface area contributed by atoms with E-state index in [-0.39, 0.29) is 11.1 Å². The molecule has 0 atom stereocenters. The molecule has 3 aromatic heterocycles. The average Bonchev–Trinajstić information content (AvgIpc) is 3.57. The molecule has 148 valence electrons. The van der Waals surface area contributed by atoms with Crippen molar-refractivity contribution in [1.29, 1.82) is 15.8 Å². The quantitative estimate of drug-likeness (QED) is 0.344. The zero-order valence-electron chi connectivity index (χ0n) is 16.4. The molecule has 0 radical (unpaired) electrons. The number of rotatable bonds is 5. The van der Waals surface area contributed by atoms with Gasteiger partial charge < -0.3 is 9.30 Å². The van der Waals surface area contributed by atoms with E-state index in [1.54, 1.807) is 24.5 Å². The van der Waals surface area contributed by atoms with Crippen molar-refractivity contribution in [2.45, 2.75) is 0 Å². The zero-order valence-corrected chi connectivity index (χ0v) is 18.0. The second-order valence-corrected chi connectivity index (χ2v) is 8.23. The second kappa shape index (κ2) is 8.73. The van der Waals surface area contributed by atoms with Gasteiger partial charge in [0.05, 0.1) is 33.8 Å². The Morgan fingerprint density at radius 1 is 0.839 bits per heavy atom. The predicted molar refractivity (Wildman–Crippen MR) is 123 cm³/mol. The first kappa shape index (κ1) is 20.2. The van der Waals surface area contributed by atoms with Crippen LogP contribution in [0.3, 0.4) is 0 Å². The highest BCUT2D eigenvalue weighted by molar-refractivity contribution is 7.14. The van der Waals surface area contributed by atoms with E-state index < -0.39 is 0 Å². The normalized spacial score (nSPS) is 10.0. The summed E-state index contributed by atoms with van der Waals surface area (Å²) < 4.78 is 7.42. The van der Waals surface area contributed by atoms with Crippen molar-refractivity contribution in [2.75, 3.05) is 7.11 Å². The topological polar surface area (TPSA) is 85.5 Å². The molecular weight excluding hydrogens is 424 g/mol. The number of nitrogens with zero attached hydrogens (tertiary/aromatic N) is 4. The number of ether oxygens (including phenoxy) is 1. The minimum Gasteiger partial charge on any atom is -0.497 e. The van der Waals surface area contributed by atoms with Gasteiger partial charge in [0, 0.05) is 11.3 Å². The Balaban J connectivity index is 1.98. The van der Waals surface area contributed by atoms with Gasteiger partial charge in [-0.15, -0.1) is 22.7 Å². The van der Waals surface area contributed by atoms with Gasteiger partial charge in [0.2, 0.25) is 0 Å². The van der Waals surface area contributed by atoms with E-state index >= 15 is 0 Å². The molecule has 1 aromatic carbocycles. The van der Waals surface area contributed by atoms with E-state index in [0.717, 1.165) is 32.6 Å². The molecule has 0 unspecified atom stereocenters. The maximum Gasteiger partial charge on any atom is 0.148 e. The summed E-state index contributed by atoms with van der Waals surface area (Å²) in [4.78, 5) is 1.92. The van der Waals surface area contributed by atoms with Crippen LogP contribution < -0.4 is 4.74 Å². The molecule has 0 bridgehead atoms. The van der Waals surface area contributed by atoms with E-state index in [9.17, 15) is 15.8 Å². The van der Waals surface area contributed by atoms with Crippen molar-refractivity contribution in [2.24, 2.45) is 0 Å². The Bertz CT molecular complexity index is 1370. The van der Waals surface area contributed by atoms with Crippen molar-refractivity contribution in [3.8, 4) is 50.8 Å². The lowest BCUT2D eigenvalue weighted by molar-refractivity contribution is 0.415. The Morgan fingerprint density at radius 3 is 2.19 bits per heavy atom. The van der Waals surface area contributed by atoms with Gasteiger partial charge in [-0.05, 0) is 59.3 Å². The van der Waals surface area contributed by atoms with E-state index in [0.29, 0.717) is 5.56 Å². The van der Waals surface area contributed by atoms with Gasteiger partial charge in [0.1, 0.15) is 29.5 Å². The number of nitriles is 3. The van der Waals surface area contributed by atoms with Crippen LogP contribution in [0, 0.1) is 34.0 Å². The highest BCUT2D eigenvalue weighted by atomic mass is 32.1. The molecule has 0 amide bonds. The third kappa shape index (κ3) is 3.63. The minimum atomic E-state index is -0.191. The number of thiophene rings is 2. The van der Waals surface area contributed by atoms with Gasteiger partial charge in [0.15, 0.2) is 0 Å². The summed E-state index contributed by atoms with van der Waals surface area (Å²) in [5.74, 6) is 0.759. The number of aromatic nitrogens is 1. The Morgan fingerprint density at radius 2 is 1.58 bits per heavy atom. The fourth-order valence-electron chi connectivity index (χ4n) is 3.33. The molecule has 3 heterocycles. The molecule has 0 fully saturated rings. The molecule has 0 saturated carbocycles. The molecular formula is C24H14N4OS2. The Labute approximate surface area is 187 Å². The first-order valence-corrected chi connectivity index (χ1v) is 10.9. The largest absolute Gasteiger partial charge is 0.497 e. The summed E-state index contributed by atoms with van der Waals surface area (Å²) in [7, 11) is 1.63. The second-order valence-electron chi connectivity index (χ2n) is 6.36. The third-order valence-corrected chi connectivity index (χ3v) is 6.57. The maximum absolute atomic E-state index is 9.68. The van der Waals surface area contributed by atoms with Crippen LogP contribution in [-0.2, 0) is 0 Å². The summed E-state index contributed by atoms with van der Waals surface area (Å²) >= 11 is 3.11. The summed E-state index contributed by atoms with van der Waals surface area (Å²) in [6.07, 6.45) is 0. The van der Waals surface area contributed by atoms with Crippen LogP contribution in [0.15, 0.2) is 70.9 Å². The van der Waals surface area contributed by atoms with Crippen LogP contribution in [0.2, 0.25) is 0 Å². The van der Waals surface area contributed by atoms with Crippen LogP contribution in [0.5, 0.6) is 5.75 Å². The molecule has 0 aliphatic rings.